The van der Waals surface area contributed by atoms with Gasteiger partial charge in [-0.25, -0.2) is 8.42 Å². The van der Waals surface area contributed by atoms with Crippen molar-refractivity contribution in [2.24, 2.45) is 0 Å². The van der Waals surface area contributed by atoms with Crippen molar-refractivity contribution < 1.29 is 23.1 Å². The molecule has 8 heteroatoms. The Kier molecular flexibility index (Phi) is 5.34. The van der Waals surface area contributed by atoms with Crippen molar-refractivity contribution in [1.82, 2.24) is 10.2 Å². The van der Waals surface area contributed by atoms with Crippen LogP contribution in [0.3, 0.4) is 0 Å². The van der Waals surface area contributed by atoms with Crippen molar-refractivity contribution in [3.63, 3.8) is 0 Å². The second-order valence-electron chi connectivity index (χ2n) is 7.00. The minimum atomic E-state index is -3.90. The third-order valence-electron chi connectivity index (χ3n) is 5.27. The molecule has 7 nitrogen and oxygen atoms in total. The van der Waals surface area contributed by atoms with Crippen LogP contribution in [0.5, 0.6) is 0 Å². The van der Waals surface area contributed by atoms with Crippen LogP contribution in [-0.4, -0.2) is 60.7 Å². The Morgan fingerprint density at radius 1 is 1.19 bits per heavy atom. The molecule has 1 aliphatic heterocycles. The number of aliphatic hydroxyl groups is 1. The van der Waals surface area contributed by atoms with Gasteiger partial charge in [0.05, 0.1) is 24.1 Å². The molecule has 2 fully saturated rings. The number of amides is 2. The molecule has 1 aromatic carbocycles. The summed E-state index contributed by atoms with van der Waals surface area (Å²) in [5, 5.41) is 12.0. The fourth-order valence-corrected chi connectivity index (χ4v) is 6.07. The minimum absolute atomic E-state index is 0.118. The summed E-state index contributed by atoms with van der Waals surface area (Å²) in [4.78, 5) is 26.7. The second-order valence-corrected chi connectivity index (χ2v) is 9.26. The average molecular weight is 380 g/mol. The molecule has 1 aliphatic carbocycles. The molecule has 142 valence electrons. The third-order valence-corrected chi connectivity index (χ3v) is 7.77. The molecule has 1 atom stereocenters. The van der Waals surface area contributed by atoms with Crippen molar-refractivity contribution in [2.75, 3.05) is 19.7 Å². The van der Waals surface area contributed by atoms with Crippen LogP contribution in [0, 0.1) is 0 Å². The van der Waals surface area contributed by atoms with Gasteiger partial charge < -0.3 is 15.3 Å². The van der Waals surface area contributed by atoms with E-state index in [-0.39, 0.29) is 43.3 Å². The minimum Gasteiger partial charge on any atom is -0.394 e. The highest BCUT2D eigenvalue weighted by Crippen LogP contribution is 2.40. The third kappa shape index (κ3) is 3.23. The van der Waals surface area contributed by atoms with E-state index in [0.717, 1.165) is 6.42 Å². The zero-order chi connectivity index (χ0) is 18.8. The lowest BCUT2D eigenvalue weighted by atomic mass is 9.87. The molecule has 2 amide bonds. The van der Waals surface area contributed by atoms with E-state index in [4.69, 9.17) is 0 Å². The fourth-order valence-electron chi connectivity index (χ4n) is 3.91. The molecule has 0 bridgehead atoms. The number of piperazine rings is 1. The first-order valence-corrected chi connectivity index (χ1v) is 10.4. The van der Waals surface area contributed by atoms with Crippen molar-refractivity contribution >= 4 is 21.7 Å². The zero-order valence-electron chi connectivity index (χ0n) is 14.6. The number of nitrogens with one attached hydrogen (secondary N) is 1. The summed E-state index contributed by atoms with van der Waals surface area (Å²) in [6.07, 6.45) is 2.71. The van der Waals surface area contributed by atoms with E-state index >= 15 is 0 Å². The predicted octanol–water partition coefficient (Wildman–Crippen LogP) is 0.482. The molecular weight excluding hydrogens is 356 g/mol. The van der Waals surface area contributed by atoms with E-state index in [0.29, 0.717) is 12.8 Å². The molecule has 2 aliphatic rings. The number of carbonyl (C=O) groups is 2. The lowest BCUT2D eigenvalue weighted by Gasteiger charge is -2.41. The van der Waals surface area contributed by atoms with Gasteiger partial charge in [0.1, 0.15) is 0 Å². The van der Waals surface area contributed by atoms with Gasteiger partial charge in [-0.2, -0.15) is 0 Å². The highest BCUT2D eigenvalue weighted by molar-refractivity contribution is 7.93. The second kappa shape index (κ2) is 7.36. The Bertz CT molecular complexity index is 772. The van der Waals surface area contributed by atoms with Crippen LogP contribution < -0.4 is 5.32 Å². The monoisotopic (exact) mass is 380 g/mol. The van der Waals surface area contributed by atoms with E-state index in [2.05, 4.69) is 5.32 Å². The number of carbonyl (C=O) groups excluding carboxylic acids is 2. The van der Waals surface area contributed by atoms with E-state index in [9.17, 15) is 23.1 Å². The molecule has 2 N–H and O–H groups in total. The SMILES string of the molecule is O=C1CN(C(=O)C2(S(=O)(=O)c3ccccc3)CCCCC2)C[C@@H](CO)N1. The number of rotatable bonds is 4. The van der Waals surface area contributed by atoms with Crippen LogP contribution in [0.15, 0.2) is 35.2 Å². The predicted molar refractivity (Wildman–Crippen MR) is 95.0 cm³/mol. The average Bonchev–Trinajstić information content (AvgIpc) is 2.68. The highest BCUT2D eigenvalue weighted by Gasteiger charge is 2.53. The van der Waals surface area contributed by atoms with E-state index in [1.54, 1.807) is 18.2 Å². The number of hydrogen-bond acceptors (Lipinski definition) is 5. The Morgan fingerprint density at radius 3 is 2.46 bits per heavy atom. The molecule has 1 saturated heterocycles. The largest absolute Gasteiger partial charge is 0.394 e. The van der Waals surface area contributed by atoms with Crippen molar-refractivity contribution in [3.8, 4) is 0 Å². The van der Waals surface area contributed by atoms with Gasteiger partial charge in [0.25, 0.3) is 0 Å². The van der Waals surface area contributed by atoms with E-state index < -0.39 is 26.5 Å². The lowest BCUT2D eigenvalue weighted by molar-refractivity contribution is -0.142. The number of hydrogen-bond donors (Lipinski definition) is 2. The Hall–Kier alpha value is -1.93. The summed E-state index contributed by atoms with van der Waals surface area (Å²) in [6, 6.07) is 7.47. The summed E-state index contributed by atoms with van der Waals surface area (Å²) >= 11 is 0. The molecule has 0 spiro atoms. The van der Waals surface area contributed by atoms with Gasteiger partial charge in [0.15, 0.2) is 14.6 Å². The van der Waals surface area contributed by atoms with Crippen LogP contribution in [-0.2, 0) is 19.4 Å². The Labute approximate surface area is 153 Å². The molecule has 1 aromatic rings. The highest BCUT2D eigenvalue weighted by atomic mass is 32.2. The van der Waals surface area contributed by atoms with E-state index in [1.165, 1.54) is 17.0 Å². The first-order valence-electron chi connectivity index (χ1n) is 8.90. The maximum atomic E-state index is 13.4. The van der Waals surface area contributed by atoms with Gasteiger partial charge in [-0.1, -0.05) is 37.5 Å². The van der Waals surface area contributed by atoms with Gasteiger partial charge in [0.2, 0.25) is 11.8 Å². The maximum absolute atomic E-state index is 13.4. The van der Waals surface area contributed by atoms with Crippen molar-refractivity contribution in [1.29, 1.82) is 0 Å². The van der Waals surface area contributed by atoms with Crippen LogP contribution in [0.4, 0.5) is 0 Å². The first kappa shape index (κ1) is 18.8. The Morgan fingerprint density at radius 2 is 1.85 bits per heavy atom. The van der Waals surface area contributed by atoms with Gasteiger partial charge in [0, 0.05) is 6.54 Å². The van der Waals surface area contributed by atoms with Crippen molar-refractivity contribution in [3.05, 3.63) is 30.3 Å². The molecular formula is C18H24N2O5S. The standard InChI is InChI=1S/C18H24N2O5S/c21-13-14-11-20(12-16(22)19-14)17(23)18(9-5-2-6-10-18)26(24,25)15-7-3-1-4-8-15/h1,3-4,7-8,14,21H,2,5-6,9-13H2,(H,19,22)/t14-/m0/s1. The molecule has 3 rings (SSSR count). The Balaban J connectivity index is 2.00. The van der Waals surface area contributed by atoms with Gasteiger partial charge in [-0.05, 0) is 25.0 Å². The lowest BCUT2D eigenvalue weighted by Crippen LogP contribution is -2.63. The smallest absolute Gasteiger partial charge is 0.244 e. The zero-order valence-corrected chi connectivity index (χ0v) is 15.4. The van der Waals surface area contributed by atoms with Crippen molar-refractivity contribution in [2.45, 2.75) is 47.8 Å². The van der Waals surface area contributed by atoms with E-state index in [1.807, 2.05) is 0 Å². The molecule has 1 saturated carbocycles. The topological polar surface area (TPSA) is 104 Å². The quantitative estimate of drug-likeness (QED) is 0.791. The van der Waals surface area contributed by atoms with Gasteiger partial charge in [-0.15, -0.1) is 0 Å². The van der Waals surface area contributed by atoms with Crippen LogP contribution in [0.2, 0.25) is 0 Å². The number of aliphatic hydroxyl groups excluding tert-OH is 1. The fraction of sp³-hybridized carbons (Fsp3) is 0.556. The first-order chi connectivity index (χ1) is 12.4. The van der Waals surface area contributed by atoms with Crippen LogP contribution >= 0.6 is 0 Å². The maximum Gasteiger partial charge on any atom is 0.244 e. The van der Waals surface area contributed by atoms with Gasteiger partial charge >= 0.3 is 0 Å². The summed E-state index contributed by atoms with van der Waals surface area (Å²) in [5.41, 5.74) is 0. The number of benzene rings is 1. The molecule has 26 heavy (non-hydrogen) atoms. The normalized spacial score (nSPS) is 23.3. The van der Waals surface area contributed by atoms with Crippen LogP contribution in [0.1, 0.15) is 32.1 Å². The van der Waals surface area contributed by atoms with Gasteiger partial charge in [-0.3, -0.25) is 9.59 Å². The summed E-state index contributed by atoms with van der Waals surface area (Å²) in [7, 11) is -3.90. The summed E-state index contributed by atoms with van der Waals surface area (Å²) in [6.45, 7) is -0.359. The number of sulfone groups is 1. The molecule has 0 radical (unpaired) electrons. The molecule has 1 heterocycles. The summed E-state index contributed by atoms with van der Waals surface area (Å²) < 4.78 is 25.3. The molecule has 0 aromatic heterocycles. The molecule has 0 unspecified atom stereocenters. The van der Waals surface area contributed by atoms with Crippen LogP contribution in [0.25, 0.3) is 0 Å². The summed E-state index contributed by atoms with van der Waals surface area (Å²) in [5.74, 6) is -0.902. The number of nitrogens with zero attached hydrogens (tertiary/aromatic N) is 1.